The van der Waals surface area contributed by atoms with Crippen LogP contribution in [-0.4, -0.2) is 23.1 Å². The SMILES string of the molecule is CC/C=C\C/C=C\C/C=C\C/C=C\C/C=C\CCCCCCCC(=O)OC(CCCCCCCC)CCCCCC(=O)O. The van der Waals surface area contributed by atoms with Crippen LogP contribution in [0, 0.1) is 0 Å². The van der Waals surface area contributed by atoms with Crippen LogP contribution >= 0.6 is 0 Å². The van der Waals surface area contributed by atoms with Gasteiger partial charge in [0.15, 0.2) is 0 Å². The first-order chi connectivity index (χ1) is 21.1. The van der Waals surface area contributed by atoms with E-state index in [-0.39, 0.29) is 18.5 Å². The molecule has 1 N–H and O–H groups in total. The van der Waals surface area contributed by atoms with Crippen LogP contribution in [0.5, 0.6) is 0 Å². The number of carbonyl (C=O) groups excluding carboxylic acids is 1. The molecule has 246 valence electrons. The number of aliphatic carboxylic acids is 1. The highest BCUT2D eigenvalue weighted by Crippen LogP contribution is 2.18. The standard InChI is InChI=1S/C39H66O4/c1-3-5-7-9-11-12-13-14-15-16-17-18-19-20-21-22-23-24-25-27-32-36-39(42)43-37(33-29-26-10-8-6-4-2)34-30-28-31-35-38(40)41/h5,7,11-12,14-15,17-18,20-21,37H,3-4,6,8-10,13,16,19,22-36H2,1-2H3,(H,40,41)/b7-5-,12-11-,15-14-,18-17-,21-20-. The fraction of sp³-hybridized carbons (Fsp3) is 0.692. The van der Waals surface area contributed by atoms with E-state index >= 15 is 0 Å². The lowest BCUT2D eigenvalue weighted by molar-refractivity contribution is -0.150. The first-order valence-electron chi connectivity index (χ1n) is 17.8. The maximum absolute atomic E-state index is 12.5. The summed E-state index contributed by atoms with van der Waals surface area (Å²) in [7, 11) is 0. The molecule has 43 heavy (non-hydrogen) atoms. The van der Waals surface area contributed by atoms with Crippen molar-refractivity contribution in [3.8, 4) is 0 Å². The third kappa shape index (κ3) is 34.0. The number of allylic oxidation sites excluding steroid dienone is 10. The number of unbranched alkanes of at least 4 members (excludes halogenated alkanes) is 12. The zero-order chi connectivity index (χ0) is 31.5. The zero-order valence-electron chi connectivity index (χ0n) is 28.0. The summed E-state index contributed by atoms with van der Waals surface area (Å²) in [6.07, 6.45) is 46.7. The van der Waals surface area contributed by atoms with Gasteiger partial charge in [0.05, 0.1) is 0 Å². The molecule has 0 saturated carbocycles. The van der Waals surface area contributed by atoms with Crippen LogP contribution in [0.3, 0.4) is 0 Å². The summed E-state index contributed by atoms with van der Waals surface area (Å²) in [6.45, 7) is 4.39. The lowest BCUT2D eigenvalue weighted by Gasteiger charge is -2.18. The van der Waals surface area contributed by atoms with Crippen molar-refractivity contribution in [1.29, 1.82) is 0 Å². The number of rotatable bonds is 31. The van der Waals surface area contributed by atoms with Crippen LogP contribution in [0.15, 0.2) is 60.8 Å². The van der Waals surface area contributed by atoms with Crippen molar-refractivity contribution in [1.82, 2.24) is 0 Å². The molecule has 0 aromatic rings. The molecule has 0 fully saturated rings. The molecule has 0 rings (SSSR count). The van der Waals surface area contributed by atoms with E-state index in [2.05, 4.69) is 74.6 Å². The molecule has 1 unspecified atom stereocenters. The third-order valence-electron chi connectivity index (χ3n) is 7.50. The molecule has 0 aliphatic carbocycles. The molecule has 0 bridgehead atoms. The molecular formula is C39H66O4. The smallest absolute Gasteiger partial charge is 0.306 e. The molecular weight excluding hydrogens is 532 g/mol. The summed E-state index contributed by atoms with van der Waals surface area (Å²) in [5, 5.41) is 8.83. The number of carboxylic acids is 1. The Labute approximate surface area is 265 Å². The van der Waals surface area contributed by atoms with Crippen LogP contribution in [0.1, 0.15) is 168 Å². The summed E-state index contributed by atoms with van der Waals surface area (Å²) in [4.78, 5) is 23.2. The van der Waals surface area contributed by atoms with E-state index in [0.717, 1.165) is 83.5 Å². The topological polar surface area (TPSA) is 63.6 Å². The number of carbonyl (C=O) groups is 2. The molecule has 0 heterocycles. The maximum atomic E-state index is 12.5. The molecule has 0 aromatic carbocycles. The van der Waals surface area contributed by atoms with E-state index in [9.17, 15) is 9.59 Å². The number of hydrogen-bond donors (Lipinski definition) is 1. The van der Waals surface area contributed by atoms with E-state index in [1.54, 1.807) is 0 Å². The Balaban J connectivity index is 3.88. The predicted octanol–water partition coefficient (Wildman–Crippen LogP) is 12.2. The van der Waals surface area contributed by atoms with Gasteiger partial charge in [-0.05, 0) is 83.5 Å². The Morgan fingerprint density at radius 2 is 0.977 bits per heavy atom. The van der Waals surface area contributed by atoms with Gasteiger partial charge < -0.3 is 9.84 Å². The molecule has 0 aliphatic heterocycles. The molecule has 1 atom stereocenters. The summed E-state index contributed by atoms with van der Waals surface area (Å²) in [6, 6.07) is 0. The first kappa shape index (κ1) is 40.6. The van der Waals surface area contributed by atoms with E-state index < -0.39 is 5.97 Å². The second-order valence-electron chi connectivity index (χ2n) is 11.7. The second kappa shape index (κ2) is 34.1. The quantitative estimate of drug-likeness (QED) is 0.0490. The van der Waals surface area contributed by atoms with Crippen molar-refractivity contribution >= 4 is 11.9 Å². The van der Waals surface area contributed by atoms with Crippen molar-refractivity contribution in [2.45, 2.75) is 174 Å². The molecule has 0 amide bonds. The Bertz CT molecular complexity index is 774. The average molecular weight is 599 g/mol. The van der Waals surface area contributed by atoms with Gasteiger partial charge in [-0.25, -0.2) is 0 Å². The third-order valence-corrected chi connectivity index (χ3v) is 7.50. The largest absolute Gasteiger partial charge is 0.481 e. The molecule has 0 radical (unpaired) electrons. The second-order valence-corrected chi connectivity index (χ2v) is 11.7. The highest BCUT2D eigenvalue weighted by Gasteiger charge is 2.14. The van der Waals surface area contributed by atoms with Crippen molar-refractivity contribution < 1.29 is 19.4 Å². The van der Waals surface area contributed by atoms with Gasteiger partial charge in [0.2, 0.25) is 0 Å². The summed E-state index contributed by atoms with van der Waals surface area (Å²) < 4.78 is 5.87. The Hall–Kier alpha value is -2.36. The van der Waals surface area contributed by atoms with Crippen molar-refractivity contribution in [2.24, 2.45) is 0 Å². The average Bonchev–Trinajstić information content (AvgIpc) is 2.99. The van der Waals surface area contributed by atoms with Crippen LogP contribution in [-0.2, 0) is 14.3 Å². The lowest BCUT2D eigenvalue weighted by Crippen LogP contribution is -2.18. The normalized spacial score (nSPS) is 13.0. The number of carboxylic acid groups (broad SMARTS) is 1. The predicted molar refractivity (Wildman–Crippen MR) is 185 cm³/mol. The lowest BCUT2D eigenvalue weighted by atomic mass is 10.0. The summed E-state index contributed by atoms with van der Waals surface area (Å²) in [5.41, 5.74) is 0. The minimum atomic E-state index is -0.732. The molecule has 0 saturated heterocycles. The fourth-order valence-electron chi connectivity index (χ4n) is 4.91. The number of hydrogen-bond acceptors (Lipinski definition) is 3. The van der Waals surface area contributed by atoms with Crippen molar-refractivity contribution in [3.63, 3.8) is 0 Å². The Morgan fingerprint density at radius 1 is 0.535 bits per heavy atom. The van der Waals surface area contributed by atoms with Gasteiger partial charge >= 0.3 is 11.9 Å². The van der Waals surface area contributed by atoms with Crippen LogP contribution in [0.4, 0.5) is 0 Å². The van der Waals surface area contributed by atoms with Crippen LogP contribution in [0.25, 0.3) is 0 Å². The molecule has 4 nitrogen and oxygen atoms in total. The van der Waals surface area contributed by atoms with Gasteiger partial charge in [0.1, 0.15) is 6.10 Å². The minimum Gasteiger partial charge on any atom is -0.481 e. The first-order valence-corrected chi connectivity index (χ1v) is 17.8. The maximum Gasteiger partial charge on any atom is 0.306 e. The molecule has 4 heteroatoms. The van der Waals surface area contributed by atoms with E-state index in [4.69, 9.17) is 9.84 Å². The van der Waals surface area contributed by atoms with E-state index in [0.29, 0.717) is 12.8 Å². The highest BCUT2D eigenvalue weighted by atomic mass is 16.5. The summed E-state index contributed by atoms with van der Waals surface area (Å²) >= 11 is 0. The zero-order valence-corrected chi connectivity index (χ0v) is 28.0. The fourth-order valence-corrected chi connectivity index (χ4v) is 4.91. The highest BCUT2D eigenvalue weighted by molar-refractivity contribution is 5.69. The van der Waals surface area contributed by atoms with Gasteiger partial charge in [0, 0.05) is 12.8 Å². The molecule has 0 aromatic heterocycles. The van der Waals surface area contributed by atoms with Crippen molar-refractivity contribution in [2.75, 3.05) is 0 Å². The molecule has 0 spiro atoms. The summed E-state index contributed by atoms with van der Waals surface area (Å²) in [5.74, 6) is -0.787. The molecule has 0 aliphatic rings. The van der Waals surface area contributed by atoms with Gasteiger partial charge in [-0.1, -0.05) is 132 Å². The van der Waals surface area contributed by atoms with E-state index in [1.807, 2.05) is 0 Å². The van der Waals surface area contributed by atoms with Crippen LogP contribution < -0.4 is 0 Å². The Kier molecular flexibility index (Phi) is 32.3. The van der Waals surface area contributed by atoms with Gasteiger partial charge in [-0.15, -0.1) is 0 Å². The van der Waals surface area contributed by atoms with Crippen LogP contribution in [0.2, 0.25) is 0 Å². The number of ether oxygens (including phenoxy) is 1. The van der Waals surface area contributed by atoms with Gasteiger partial charge in [-0.2, -0.15) is 0 Å². The van der Waals surface area contributed by atoms with Crippen molar-refractivity contribution in [3.05, 3.63) is 60.8 Å². The minimum absolute atomic E-state index is 0.00743. The monoisotopic (exact) mass is 598 g/mol. The van der Waals surface area contributed by atoms with E-state index in [1.165, 1.54) is 51.4 Å². The van der Waals surface area contributed by atoms with Gasteiger partial charge in [-0.3, -0.25) is 9.59 Å². The Morgan fingerprint density at radius 3 is 1.53 bits per heavy atom. The van der Waals surface area contributed by atoms with Gasteiger partial charge in [0.25, 0.3) is 0 Å². The number of esters is 1.